The molecule has 12 heavy (non-hydrogen) atoms. The van der Waals surface area contributed by atoms with Crippen LogP contribution in [0.1, 0.15) is 20.8 Å². The van der Waals surface area contributed by atoms with Gasteiger partial charge in [-0.15, -0.1) is 0 Å². The fourth-order valence-corrected chi connectivity index (χ4v) is 0.934. The minimum absolute atomic E-state index is 1.05. The predicted octanol–water partition coefficient (Wildman–Crippen LogP) is 3.16. The van der Waals surface area contributed by atoms with Crippen molar-refractivity contribution in [3.8, 4) is 0 Å². The van der Waals surface area contributed by atoms with Crippen LogP contribution in [0, 0.1) is 0 Å². The number of hydrogen-bond donors (Lipinski definition) is 0. The molecule has 0 aliphatic carbocycles. The van der Waals surface area contributed by atoms with Gasteiger partial charge in [0.15, 0.2) is 0 Å². The molecule has 0 aliphatic heterocycles. The fourth-order valence-electron chi connectivity index (χ4n) is 0.934. The largest absolute Gasteiger partial charge is 0.293 e. The normalized spacial score (nSPS) is 14.8. The van der Waals surface area contributed by atoms with Crippen LogP contribution in [0.4, 0.5) is 0 Å². The minimum Gasteiger partial charge on any atom is -0.293 e. The molecule has 0 aromatic carbocycles. The summed E-state index contributed by atoms with van der Waals surface area (Å²) in [6, 6.07) is 0. The van der Waals surface area contributed by atoms with Gasteiger partial charge in [-0.1, -0.05) is 24.8 Å². The van der Waals surface area contributed by atoms with Gasteiger partial charge < -0.3 is 0 Å². The molecule has 66 valence electrons. The number of aliphatic imine (C=N–C) groups is 1. The SMILES string of the molecule is C=C/C(C)=C(/C=C\C)C(C)=NC. The van der Waals surface area contributed by atoms with Crippen LogP contribution in [-0.4, -0.2) is 12.8 Å². The van der Waals surface area contributed by atoms with E-state index in [1.807, 2.05) is 32.9 Å². The highest BCUT2D eigenvalue weighted by Gasteiger charge is 1.98. The molecular formula is C11H17N. The number of hydrogen-bond acceptors (Lipinski definition) is 1. The summed E-state index contributed by atoms with van der Waals surface area (Å²) in [5.41, 5.74) is 3.37. The van der Waals surface area contributed by atoms with Gasteiger partial charge in [0.1, 0.15) is 0 Å². The first-order valence-corrected chi connectivity index (χ1v) is 4.07. The smallest absolute Gasteiger partial charge is 0.0388 e. The molecule has 0 saturated carbocycles. The fraction of sp³-hybridized carbons (Fsp3) is 0.364. The molecule has 0 aromatic rings. The van der Waals surface area contributed by atoms with E-state index in [1.165, 1.54) is 0 Å². The molecule has 0 aliphatic rings. The van der Waals surface area contributed by atoms with Gasteiger partial charge in [0.25, 0.3) is 0 Å². The third kappa shape index (κ3) is 2.87. The Morgan fingerprint density at radius 2 is 1.92 bits per heavy atom. The van der Waals surface area contributed by atoms with Crippen molar-refractivity contribution in [2.75, 3.05) is 7.05 Å². The van der Waals surface area contributed by atoms with Crippen molar-refractivity contribution in [1.82, 2.24) is 0 Å². The Morgan fingerprint density at radius 1 is 1.33 bits per heavy atom. The van der Waals surface area contributed by atoms with Gasteiger partial charge in [-0.3, -0.25) is 4.99 Å². The second kappa shape index (κ2) is 5.53. The minimum atomic E-state index is 1.05. The van der Waals surface area contributed by atoms with Gasteiger partial charge in [-0.05, 0) is 31.9 Å². The average Bonchev–Trinajstić information content (AvgIpc) is 2.11. The Bertz CT molecular complexity index is 242. The zero-order valence-corrected chi connectivity index (χ0v) is 8.39. The molecule has 0 aromatic heterocycles. The van der Waals surface area contributed by atoms with E-state index in [-0.39, 0.29) is 0 Å². The maximum absolute atomic E-state index is 4.14. The summed E-state index contributed by atoms with van der Waals surface area (Å²) < 4.78 is 0. The molecule has 0 heterocycles. The lowest BCUT2D eigenvalue weighted by Crippen LogP contribution is -1.96. The first-order valence-electron chi connectivity index (χ1n) is 4.07. The molecule has 0 fully saturated rings. The Morgan fingerprint density at radius 3 is 2.25 bits per heavy atom. The molecule has 1 nitrogen and oxygen atoms in total. The Hall–Kier alpha value is -1.11. The molecule has 0 amide bonds. The Labute approximate surface area is 75.2 Å². The van der Waals surface area contributed by atoms with E-state index in [2.05, 4.69) is 17.6 Å². The van der Waals surface area contributed by atoms with Crippen LogP contribution in [0.3, 0.4) is 0 Å². The van der Waals surface area contributed by atoms with Gasteiger partial charge in [0.2, 0.25) is 0 Å². The van der Waals surface area contributed by atoms with Gasteiger partial charge in [0, 0.05) is 12.8 Å². The molecule has 0 unspecified atom stereocenters. The van der Waals surface area contributed by atoms with E-state index in [4.69, 9.17) is 0 Å². The summed E-state index contributed by atoms with van der Waals surface area (Å²) in [6.07, 6.45) is 5.92. The number of allylic oxidation sites excluding steroid dienone is 5. The summed E-state index contributed by atoms with van der Waals surface area (Å²) in [7, 11) is 1.80. The standard InChI is InChI=1S/C11H17N/c1-6-8-11(9(3)7-2)10(4)12-5/h6-8H,2H2,1,3-5H3/b8-6-,11-9-,12-10?. The molecule has 0 rings (SSSR count). The molecule has 0 bridgehead atoms. The van der Waals surface area contributed by atoms with Crippen molar-refractivity contribution >= 4 is 5.71 Å². The second-order valence-corrected chi connectivity index (χ2v) is 2.61. The van der Waals surface area contributed by atoms with Crippen LogP contribution in [0.2, 0.25) is 0 Å². The lowest BCUT2D eigenvalue weighted by molar-refractivity contribution is 1.38. The zero-order valence-electron chi connectivity index (χ0n) is 8.39. The highest BCUT2D eigenvalue weighted by Crippen LogP contribution is 2.09. The van der Waals surface area contributed by atoms with E-state index in [0.717, 1.165) is 16.9 Å². The van der Waals surface area contributed by atoms with Crippen LogP contribution in [0.5, 0.6) is 0 Å². The van der Waals surface area contributed by atoms with Crippen LogP contribution >= 0.6 is 0 Å². The van der Waals surface area contributed by atoms with Crippen molar-refractivity contribution < 1.29 is 0 Å². The van der Waals surface area contributed by atoms with E-state index in [0.29, 0.717) is 0 Å². The lowest BCUT2D eigenvalue weighted by atomic mass is 10.1. The van der Waals surface area contributed by atoms with E-state index in [1.54, 1.807) is 7.05 Å². The van der Waals surface area contributed by atoms with E-state index >= 15 is 0 Å². The van der Waals surface area contributed by atoms with Gasteiger partial charge in [-0.25, -0.2) is 0 Å². The highest BCUT2D eigenvalue weighted by atomic mass is 14.7. The zero-order chi connectivity index (χ0) is 9.56. The predicted molar refractivity (Wildman–Crippen MR) is 56.7 cm³/mol. The van der Waals surface area contributed by atoms with Crippen molar-refractivity contribution in [2.24, 2.45) is 4.99 Å². The van der Waals surface area contributed by atoms with Gasteiger partial charge >= 0.3 is 0 Å². The molecule has 1 heteroatoms. The molecule has 0 atom stereocenters. The van der Waals surface area contributed by atoms with Crippen molar-refractivity contribution in [3.05, 3.63) is 36.0 Å². The molecular weight excluding hydrogens is 146 g/mol. The Balaban J connectivity index is 5.04. The third-order valence-electron chi connectivity index (χ3n) is 1.79. The van der Waals surface area contributed by atoms with Crippen LogP contribution in [-0.2, 0) is 0 Å². The van der Waals surface area contributed by atoms with Crippen molar-refractivity contribution in [2.45, 2.75) is 20.8 Å². The van der Waals surface area contributed by atoms with Gasteiger partial charge in [-0.2, -0.15) is 0 Å². The molecule has 0 radical (unpaired) electrons. The summed E-state index contributed by atoms with van der Waals surface area (Å²) in [5, 5.41) is 0. The molecule has 0 N–H and O–H groups in total. The maximum Gasteiger partial charge on any atom is 0.0388 e. The Kier molecular flexibility index (Phi) is 5.02. The van der Waals surface area contributed by atoms with Crippen LogP contribution in [0.25, 0.3) is 0 Å². The summed E-state index contributed by atoms with van der Waals surface area (Å²) in [4.78, 5) is 4.14. The summed E-state index contributed by atoms with van der Waals surface area (Å²) >= 11 is 0. The monoisotopic (exact) mass is 163 g/mol. The summed E-state index contributed by atoms with van der Waals surface area (Å²) in [5.74, 6) is 0. The lowest BCUT2D eigenvalue weighted by Gasteiger charge is -2.03. The topological polar surface area (TPSA) is 12.4 Å². The maximum atomic E-state index is 4.14. The first-order chi connectivity index (χ1) is 5.67. The van der Waals surface area contributed by atoms with Crippen molar-refractivity contribution in [3.63, 3.8) is 0 Å². The average molecular weight is 163 g/mol. The number of rotatable bonds is 3. The van der Waals surface area contributed by atoms with Crippen LogP contribution < -0.4 is 0 Å². The van der Waals surface area contributed by atoms with Crippen molar-refractivity contribution in [1.29, 1.82) is 0 Å². The third-order valence-corrected chi connectivity index (χ3v) is 1.79. The molecule has 0 spiro atoms. The first kappa shape index (κ1) is 10.9. The van der Waals surface area contributed by atoms with E-state index in [9.17, 15) is 0 Å². The highest BCUT2D eigenvalue weighted by molar-refractivity contribution is 6.01. The quantitative estimate of drug-likeness (QED) is 0.447. The molecule has 0 saturated heterocycles. The van der Waals surface area contributed by atoms with Gasteiger partial charge in [0.05, 0.1) is 0 Å². The number of nitrogens with zero attached hydrogens (tertiary/aromatic N) is 1. The van der Waals surface area contributed by atoms with E-state index < -0.39 is 0 Å². The summed E-state index contributed by atoms with van der Waals surface area (Å²) in [6.45, 7) is 9.77. The second-order valence-electron chi connectivity index (χ2n) is 2.61. The van der Waals surface area contributed by atoms with Crippen LogP contribution in [0.15, 0.2) is 40.9 Å².